The molecule has 0 radical (unpaired) electrons. The third-order valence-corrected chi connectivity index (χ3v) is 7.27. The minimum atomic E-state index is -0.517. The molecule has 0 saturated carbocycles. The summed E-state index contributed by atoms with van der Waals surface area (Å²) in [6.45, 7) is 10.8. The highest BCUT2D eigenvalue weighted by molar-refractivity contribution is 5.99. The molecular weight excluding hydrogens is 560 g/mol. The van der Waals surface area contributed by atoms with E-state index in [1.54, 1.807) is 0 Å². The molecule has 0 unspecified atom stereocenters. The van der Waals surface area contributed by atoms with E-state index < -0.39 is 5.60 Å². The minimum absolute atomic E-state index is 0.202. The lowest BCUT2D eigenvalue weighted by molar-refractivity contribution is -0.155. The average Bonchev–Trinajstić information content (AvgIpc) is 2.98. The summed E-state index contributed by atoms with van der Waals surface area (Å²) in [4.78, 5) is 36.2. The molecule has 0 aromatic heterocycles. The van der Waals surface area contributed by atoms with E-state index in [-0.39, 0.29) is 30.6 Å². The van der Waals surface area contributed by atoms with Gasteiger partial charge in [-0.3, -0.25) is 14.4 Å². The zero-order chi connectivity index (χ0) is 32.0. The van der Waals surface area contributed by atoms with Gasteiger partial charge in [0.1, 0.15) is 22.8 Å². The highest BCUT2D eigenvalue weighted by Crippen LogP contribution is 2.33. The fourth-order valence-corrected chi connectivity index (χ4v) is 5.21. The summed E-state index contributed by atoms with van der Waals surface area (Å²) >= 11 is 0. The number of rotatable bonds is 18. The highest BCUT2D eigenvalue weighted by atomic mass is 16.6. The van der Waals surface area contributed by atoms with Crippen molar-refractivity contribution in [1.82, 2.24) is 0 Å². The Kier molecular flexibility index (Phi) is 13.8. The number of carbonyl (C=O) groups is 3. The molecule has 44 heavy (non-hydrogen) atoms. The quantitative estimate of drug-likeness (QED) is 0.0998. The number of fused-ring (bicyclic) bond motifs is 1. The van der Waals surface area contributed by atoms with Gasteiger partial charge in [0.25, 0.3) is 0 Å². The molecule has 8 nitrogen and oxygen atoms in total. The molecule has 0 saturated heterocycles. The van der Waals surface area contributed by atoms with Crippen LogP contribution in [0.15, 0.2) is 43.0 Å². The van der Waals surface area contributed by atoms with Crippen LogP contribution < -0.4 is 14.2 Å². The molecule has 0 amide bonds. The van der Waals surface area contributed by atoms with Crippen molar-refractivity contribution in [3.63, 3.8) is 0 Å². The monoisotopic (exact) mass is 608 g/mol. The van der Waals surface area contributed by atoms with Gasteiger partial charge in [-0.05, 0) is 102 Å². The van der Waals surface area contributed by atoms with Gasteiger partial charge in [-0.15, -0.1) is 6.58 Å². The Bertz CT molecular complexity index is 1270. The Labute approximate surface area is 262 Å². The Hall–Kier alpha value is -3.81. The van der Waals surface area contributed by atoms with Gasteiger partial charge in [0.2, 0.25) is 0 Å². The van der Waals surface area contributed by atoms with Gasteiger partial charge in [0, 0.05) is 36.0 Å². The number of allylic oxidation sites excluding steroid dienone is 1. The van der Waals surface area contributed by atoms with E-state index in [4.69, 9.17) is 23.7 Å². The Balaban J connectivity index is 1.49. The number of hydrogen-bond acceptors (Lipinski definition) is 8. The summed E-state index contributed by atoms with van der Waals surface area (Å²) in [5.41, 5.74) is 3.32. The van der Waals surface area contributed by atoms with Crippen LogP contribution in [0.1, 0.15) is 99.2 Å². The van der Waals surface area contributed by atoms with Gasteiger partial charge in [0.15, 0.2) is 5.78 Å². The van der Waals surface area contributed by atoms with Gasteiger partial charge in [-0.2, -0.15) is 0 Å². The zero-order valence-corrected chi connectivity index (χ0v) is 26.8. The highest BCUT2D eigenvalue weighted by Gasteiger charge is 2.22. The van der Waals surface area contributed by atoms with Crippen molar-refractivity contribution in [2.24, 2.45) is 0 Å². The number of ether oxygens (including phenoxy) is 5. The Morgan fingerprint density at radius 3 is 2.07 bits per heavy atom. The maximum Gasteiger partial charge on any atom is 0.306 e. The molecule has 2 aromatic rings. The predicted molar refractivity (Wildman–Crippen MR) is 170 cm³/mol. The molecule has 1 aliphatic carbocycles. The van der Waals surface area contributed by atoms with Crippen LogP contribution in [0.5, 0.6) is 17.2 Å². The van der Waals surface area contributed by atoms with Crippen LogP contribution in [0.3, 0.4) is 0 Å². The summed E-state index contributed by atoms with van der Waals surface area (Å²) < 4.78 is 28.5. The number of ketones is 1. The third-order valence-electron chi connectivity index (χ3n) is 7.27. The lowest BCUT2D eigenvalue weighted by Gasteiger charge is -2.21. The van der Waals surface area contributed by atoms with Gasteiger partial charge < -0.3 is 23.7 Å². The van der Waals surface area contributed by atoms with E-state index in [2.05, 4.69) is 6.58 Å². The molecule has 0 fully saturated rings. The van der Waals surface area contributed by atoms with E-state index in [1.807, 2.05) is 57.2 Å². The van der Waals surface area contributed by atoms with Crippen LogP contribution in [-0.2, 0) is 38.3 Å². The van der Waals surface area contributed by atoms with Crippen LogP contribution in [0, 0.1) is 0 Å². The van der Waals surface area contributed by atoms with E-state index in [9.17, 15) is 14.4 Å². The molecular formula is C36H48O8. The third kappa shape index (κ3) is 11.0. The number of Topliss-reactive ketones (excluding diaryl/α,β-unsaturated/α-hetero) is 1. The second-order valence-corrected chi connectivity index (χ2v) is 11.9. The van der Waals surface area contributed by atoms with Crippen molar-refractivity contribution >= 4 is 17.7 Å². The molecule has 0 bridgehead atoms. The van der Waals surface area contributed by atoms with Crippen molar-refractivity contribution in [2.45, 2.75) is 97.0 Å². The summed E-state index contributed by atoms with van der Waals surface area (Å²) in [6.07, 6.45) is 8.94. The summed E-state index contributed by atoms with van der Waals surface area (Å²) in [5, 5.41) is 0. The largest absolute Gasteiger partial charge is 0.493 e. The first kappa shape index (κ1) is 34.7. The van der Waals surface area contributed by atoms with Crippen LogP contribution >= 0.6 is 0 Å². The number of hydrogen-bond donors (Lipinski definition) is 0. The predicted octanol–water partition coefficient (Wildman–Crippen LogP) is 7.17. The van der Waals surface area contributed by atoms with E-state index in [0.29, 0.717) is 57.0 Å². The lowest BCUT2D eigenvalue weighted by atomic mass is 9.86. The van der Waals surface area contributed by atoms with Gasteiger partial charge in [0.05, 0.1) is 26.9 Å². The molecule has 0 spiro atoms. The molecule has 8 heteroatoms. The first-order valence-electron chi connectivity index (χ1n) is 15.7. The average molecular weight is 609 g/mol. The molecule has 1 aliphatic rings. The second-order valence-electron chi connectivity index (χ2n) is 11.9. The summed E-state index contributed by atoms with van der Waals surface area (Å²) in [6, 6.07) is 9.42. The molecule has 3 rings (SSSR count). The molecule has 0 heterocycles. The van der Waals surface area contributed by atoms with Gasteiger partial charge >= 0.3 is 11.9 Å². The standard InChI is InChI=1S/C36H48O8/c1-6-13-28-26-14-10-15-30(37)27(26)19-21-33(28)42-24-9-7-8-23-41-31-16-11-17-32(29(31)20-22-34(38)40-5)43-25-12-18-35(39)44-36(2,3)4/h6,11,16-17,19,21H,1,7-10,12-15,18,20,22-25H2,2-5H3. The maximum atomic E-state index is 12.3. The van der Waals surface area contributed by atoms with Crippen LogP contribution in [0.25, 0.3) is 0 Å². The van der Waals surface area contributed by atoms with E-state index >= 15 is 0 Å². The summed E-state index contributed by atoms with van der Waals surface area (Å²) in [5.74, 6) is 1.79. The van der Waals surface area contributed by atoms with E-state index in [1.165, 1.54) is 7.11 Å². The topological polar surface area (TPSA) is 97.4 Å². The zero-order valence-electron chi connectivity index (χ0n) is 26.8. The van der Waals surface area contributed by atoms with Crippen LogP contribution in [-0.4, -0.2) is 50.3 Å². The molecule has 0 atom stereocenters. The van der Waals surface area contributed by atoms with Crippen LogP contribution in [0.2, 0.25) is 0 Å². The summed E-state index contributed by atoms with van der Waals surface area (Å²) in [7, 11) is 1.37. The molecule has 0 N–H and O–H groups in total. The van der Waals surface area contributed by atoms with Crippen molar-refractivity contribution in [3.05, 3.63) is 65.2 Å². The first-order chi connectivity index (χ1) is 21.1. The Morgan fingerprint density at radius 1 is 0.818 bits per heavy atom. The SMILES string of the molecule is C=CCc1c(OCCCCCOc2cccc(OCCCC(=O)OC(C)(C)C)c2CCC(=O)OC)ccc2c1CCCC2=O. The number of esters is 2. The molecule has 240 valence electrons. The number of benzene rings is 2. The maximum absolute atomic E-state index is 12.3. The van der Waals surface area contributed by atoms with Crippen LogP contribution in [0.4, 0.5) is 0 Å². The lowest BCUT2D eigenvalue weighted by Crippen LogP contribution is -2.24. The molecule has 0 aliphatic heterocycles. The number of carbonyl (C=O) groups excluding carboxylic acids is 3. The van der Waals surface area contributed by atoms with Gasteiger partial charge in [-0.1, -0.05) is 12.1 Å². The second kappa shape index (κ2) is 17.5. The van der Waals surface area contributed by atoms with Crippen molar-refractivity contribution < 1.29 is 38.1 Å². The first-order valence-corrected chi connectivity index (χ1v) is 15.7. The number of unbranched alkanes of at least 4 members (excludes halogenated alkanes) is 2. The van der Waals surface area contributed by atoms with Gasteiger partial charge in [-0.25, -0.2) is 0 Å². The fourth-order valence-electron chi connectivity index (χ4n) is 5.21. The molecule has 2 aromatic carbocycles. The minimum Gasteiger partial charge on any atom is -0.493 e. The van der Waals surface area contributed by atoms with Crippen molar-refractivity contribution in [1.29, 1.82) is 0 Å². The Morgan fingerprint density at radius 2 is 1.45 bits per heavy atom. The van der Waals surface area contributed by atoms with E-state index in [0.717, 1.165) is 60.1 Å². The van der Waals surface area contributed by atoms with Crippen molar-refractivity contribution in [2.75, 3.05) is 26.9 Å². The fraction of sp³-hybridized carbons (Fsp3) is 0.528. The smallest absolute Gasteiger partial charge is 0.306 e. The normalized spacial score (nSPS) is 12.7. The van der Waals surface area contributed by atoms with Crippen molar-refractivity contribution in [3.8, 4) is 17.2 Å². The number of methoxy groups -OCH3 is 1.